The van der Waals surface area contributed by atoms with Crippen LogP contribution in [-0.4, -0.2) is 37.7 Å². The summed E-state index contributed by atoms with van der Waals surface area (Å²) >= 11 is 0. The van der Waals surface area contributed by atoms with Crippen molar-refractivity contribution in [2.24, 2.45) is 0 Å². The topological polar surface area (TPSA) is 38.8 Å². The highest BCUT2D eigenvalue weighted by atomic mass is 19.3. The Morgan fingerprint density at radius 3 is 2.41 bits per heavy atom. The first-order chi connectivity index (χ1) is 13.0. The molecule has 3 rings (SSSR count). The number of rotatable bonds is 2. The lowest BCUT2D eigenvalue weighted by molar-refractivity contribution is -0.120. The van der Waals surface area contributed by atoms with Gasteiger partial charge in [-0.05, 0) is 55.2 Å². The smallest absolute Gasteiger partial charge is 0.210 e. The monoisotopic (exact) mass is 379 g/mol. The number of nitrogens with zero attached hydrogens (tertiary/aromatic N) is 1. The van der Waals surface area contributed by atoms with E-state index < -0.39 is 0 Å². The van der Waals surface area contributed by atoms with Crippen molar-refractivity contribution in [1.29, 1.82) is 0 Å². The second-order valence-corrected chi connectivity index (χ2v) is 6.37. The van der Waals surface area contributed by atoms with Gasteiger partial charge in [-0.3, -0.25) is 4.79 Å². The van der Waals surface area contributed by atoms with Gasteiger partial charge < -0.3 is 9.64 Å². The third-order valence-corrected chi connectivity index (χ3v) is 4.33. The van der Waals surface area contributed by atoms with Gasteiger partial charge in [0, 0.05) is 13.2 Å². The van der Waals surface area contributed by atoms with Crippen molar-refractivity contribution in [1.82, 2.24) is 4.90 Å². The standard InChI is InChI=1S/C13H15NO.C6H12O.C2H4.CH3FO/c1-10(2)13-12-6-4-3-5-11(12)7-8-14(13)9-15;1-6-4-2-3-5-7-6;1-2;1-3-2/h3-6,9,13H,1,7-8H2,2H3;6H,2-5H2,1H3;1-2H2;1H3/t13-;6-;;/m00../s1. The molecule has 0 bridgehead atoms. The Hall–Kier alpha value is -1.98. The van der Waals surface area contributed by atoms with E-state index in [9.17, 15) is 9.32 Å². The highest BCUT2D eigenvalue weighted by Gasteiger charge is 2.26. The third kappa shape index (κ3) is 8.98. The largest absolute Gasteiger partial charge is 0.379 e. The molecule has 2 aliphatic rings. The summed E-state index contributed by atoms with van der Waals surface area (Å²) in [7, 11) is 0.958. The number of benzene rings is 1. The van der Waals surface area contributed by atoms with E-state index in [0.717, 1.165) is 38.7 Å². The minimum Gasteiger partial charge on any atom is -0.379 e. The van der Waals surface area contributed by atoms with E-state index in [1.807, 2.05) is 24.0 Å². The van der Waals surface area contributed by atoms with Gasteiger partial charge in [-0.1, -0.05) is 36.4 Å². The zero-order valence-electron chi connectivity index (χ0n) is 17.0. The van der Waals surface area contributed by atoms with Crippen LogP contribution in [0.5, 0.6) is 0 Å². The van der Waals surface area contributed by atoms with E-state index in [2.05, 4.69) is 43.7 Å². The van der Waals surface area contributed by atoms with Crippen LogP contribution in [0.3, 0.4) is 0 Å². The van der Waals surface area contributed by atoms with Crippen LogP contribution in [-0.2, 0) is 20.9 Å². The molecule has 5 heteroatoms. The molecule has 0 aromatic heterocycles. The molecular formula is C22H34FNO3. The summed E-state index contributed by atoms with van der Waals surface area (Å²) in [6.07, 6.45) is 6.30. The summed E-state index contributed by atoms with van der Waals surface area (Å²) in [4.78, 5) is 15.5. The molecule has 152 valence electrons. The van der Waals surface area contributed by atoms with E-state index in [1.54, 1.807) is 0 Å². The molecule has 2 aliphatic heterocycles. The van der Waals surface area contributed by atoms with Crippen LogP contribution >= 0.6 is 0 Å². The first-order valence-corrected chi connectivity index (χ1v) is 9.25. The van der Waals surface area contributed by atoms with Gasteiger partial charge in [0.15, 0.2) is 0 Å². The predicted octanol–water partition coefficient (Wildman–Crippen LogP) is 5.21. The lowest BCUT2D eigenvalue weighted by Crippen LogP contribution is -2.34. The Morgan fingerprint density at radius 1 is 1.33 bits per heavy atom. The van der Waals surface area contributed by atoms with Crippen molar-refractivity contribution in [2.75, 3.05) is 20.3 Å². The molecule has 1 amide bonds. The fraction of sp³-hybridized carbons (Fsp3) is 0.500. The summed E-state index contributed by atoms with van der Waals surface area (Å²) < 4.78 is 15.1. The predicted molar refractivity (Wildman–Crippen MR) is 109 cm³/mol. The van der Waals surface area contributed by atoms with E-state index >= 15 is 0 Å². The van der Waals surface area contributed by atoms with Gasteiger partial charge in [0.05, 0.1) is 19.3 Å². The normalized spacial score (nSPS) is 20.2. The molecule has 0 unspecified atom stereocenters. The molecule has 0 N–H and O–H groups in total. The van der Waals surface area contributed by atoms with Crippen molar-refractivity contribution in [3.8, 4) is 0 Å². The van der Waals surface area contributed by atoms with Crippen LogP contribution in [0.2, 0.25) is 0 Å². The van der Waals surface area contributed by atoms with Crippen LogP contribution in [0.15, 0.2) is 49.6 Å². The molecule has 1 aromatic carbocycles. The molecule has 1 aromatic rings. The fourth-order valence-electron chi connectivity index (χ4n) is 3.15. The van der Waals surface area contributed by atoms with Gasteiger partial charge in [-0.15, -0.1) is 13.2 Å². The molecule has 2 atom stereocenters. The van der Waals surface area contributed by atoms with Gasteiger partial charge in [-0.25, -0.2) is 0 Å². The maximum atomic E-state index is 11.0. The van der Waals surface area contributed by atoms with Crippen molar-refractivity contribution >= 4 is 6.41 Å². The average molecular weight is 380 g/mol. The first kappa shape index (κ1) is 25.0. The number of carbonyl (C=O) groups is 1. The molecule has 0 aliphatic carbocycles. The SMILES string of the molecule is C=C.C=C(C)[C@H]1c2ccccc2CCN1C=O.COF.C[C@H]1CCCCO1. The molecule has 0 spiro atoms. The third-order valence-electron chi connectivity index (χ3n) is 4.33. The summed E-state index contributed by atoms with van der Waals surface area (Å²) in [6, 6.07) is 8.35. The molecule has 1 saturated heterocycles. The molecule has 0 radical (unpaired) electrons. The fourth-order valence-corrected chi connectivity index (χ4v) is 3.15. The van der Waals surface area contributed by atoms with Gasteiger partial charge >= 0.3 is 0 Å². The number of hydrogen-bond acceptors (Lipinski definition) is 3. The van der Waals surface area contributed by atoms with E-state index in [4.69, 9.17) is 4.74 Å². The number of amides is 1. The van der Waals surface area contributed by atoms with E-state index in [1.165, 1.54) is 30.4 Å². The first-order valence-electron chi connectivity index (χ1n) is 9.25. The average Bonchev–Trinajstić information content (AvgIpc) is 2.70. The van der Waals surface area contributed by atoms with Gasteiger partial charge in [0.1, 0.15) is 0 Å². The van der Waals surface area contributed by atoms with Crippen LogP contribution in [0, 0.1) is 0 Å². The molecule has 27 heavy (non-hydrogen) atoms. The zero-order valence-corrected chi connectivity index (χ0v) is 17.0. The Labute approximate surface area is 163 Å². The molecule has 2 heterocycles. The molecule has 0 saturated carbocycles. The summed E-state index contributed by atoms with van der Waals surface area (Å²) in [5, 5.41) is 0. The number of hydrogen-bond donors (Lipinski definition) is 0. The van der Waals surface area contributed by atoms with E-state index in [-0.39, 0.29) is 6.04 Å². The van der Waals surface area contributed by atoms with Gasteiger partial charge in [0.25, 0.3) is 0 Å². The molecule has 1 fully saturated rings. The summed E-state index contributed by atoms with van der Waals surface area (Å²) in [5.74, 6) is 0. The van der Waals surface area contributed by atoms with E-state index in [0.29, 0.717) is 6.10 Å². The van der Waals surface area contributed by atoms with Crippen molar-refractivity contribution in [3.63, 3.8) is 0 Å². The highest BCUT2D eigenvalue weighted by Crippen LogP contribution is 2.32. The maximum absolute atomic E-state index is 11.0. The number of carbonyl (C=O) groups excluding carboxylic acids is 1. The van der Waals surface area contributed by atoms with Crippen LogP contribution in [0.25, 0.3) is 0 Å². The Kier molecular flexibility index (Phi) is 14.0. The highest BCUT2D eigenvalue weighted by molar-refractivity contribution is 5.53. The van der Waals surface area contributed by atoms with Crippen molar-refractivity contribution in [3.05, 3.63) is 60.7 Å². The minimum absolute atomic E-state index is 0.0625. The number of ether oxygens (including phenoxy) is 1. The van der Waals surface area contributed by atoms with Crippen LogP contribution < -0.4 is 0 Å². The Balaban J connectivity index is 0.000000470. The molecule has 4 nitrogen and oxygen atoms in total. The second-order valence-electron chi connectivity index (χ2n) is 6.37. The van der Waals surface area contributed by atoms with Crippen molar-refractivity contribution in [2.45, 2.75) is 51.7 Å². The quantitative estimate of drug-likeness (QED) is 0.523. The second kappa shape index (κ2) is 15.1. The number of fused-ring (bicyclic) bond motifs is 1. The van der Waals surface area contributed by atoms with Gasteiger partial charge in [0.2, 0.25) is 6.41 Å². The lowest BCUT2D eigenvalue weighted by atomic mass is 9.89. The van der Waals surface area contributed by atoms with Crippen molar-refractivity contribution < 1.29 is 19.0 Å². The summed E-state index contributed by atoms with van der Waals surface area (Å²) in [5.41, 5.74) is 3.58. The van der Waals surface area contributed by atoms with Crippen LogP contribution in [0.4, 0.5) is 4.53 Å². The summed E-state index contributed by atoms with van der Waals surface area (Å²) in [6.45, 7) is 15.9. The lowest BCUT2D eigenvalue weighted by Gasteiger charge is -2.35. The maximum Gasteiger partial charge on any atom is 0.210 e. The molecular weight excluding hydrogens is 345 g/mol. The Bertz CT molecular complexity index is 544. The number of halogens is 1. The van der Waals surface area contributed by atoms with Crippen LogP contribution in [0.1, 0.15) is 50.3 Å². The zero-order chi connectivity index (χ0) is 20.7. The minimum atomic E-state index is 0.0625. The van der Waals surface area contributed by atoms with Gasteiger partial charge in [-0.2, -0.15) is 4.94 Å². The Morgan fingerprint density at radius 2 is 1.96 bits per heavy atom.